The molecule has 3 aromatic rings. The van der Waals surface area contributed by atoms with Crippen molar-refractivity contribution < 1.29 is 33.0 Å². The molecule has 4 rings (SSSR count). The van der Waals surface area contributed by atoms with Gasteiger partial charge >= 0.3 is 12.1 Å². The van der Waals surface area contributed by atoms with Crippen molar-refractivity contribution in [3.05, 3.63) is 107 Å². The van der Waals surface area contributed by atoms with Gasteiger partial charge in [0.2, 0.25) is 0 Å². The van der Waals surface area contributed by atoms with Crippen LogP contribution in [0.1, 0.15) is 52.7 Å². The van der Waals surface area contributed by atoms with Crippen molar-refractivity contribution in [2.24, 2.45) is 0 Å². The summed E-state index contributed by atoms with van der Waals surface area (Å²) >= 11 is 0. The van der Waals surface area contributed by atoms with Crippen LogP contribution in [-0.2, 0) is 32.2 Å². The molecule has 2 amide bonds. The van der Waals surface area contributed by atoms with E-state index in [1.165, 1.54) is 6.07 Å². The monoisotopic (exact) mass is 548 g/mol. The van der Waals surface area contributed by atoms with Crippen LogP contribution in [0.5, 0.6) is 0 Å². The lowest BCUT2D eigenvalue weighted by Crippen LogP contribution is -2.49. The molecule has 1 saturated heterocycles. The first-order valence-corrected chi connectivity index (χ1v) is 13.3. The number of esters is 1. The minimum Gasteiger partial charge on any atom is -0.459 e. The average Bonchev–Trinajstić information content (AvgIpc) is 3.47. The molecular formula is C31H33FN2O6. The summed E-state index contributed by atoms with van der Waals surface area (Å²) in [5, 5.41) is 5.09. The Hall–Kier alpha value is -4.24. The topological polar surface area (TPSA) is 103 Å². The standard InChI is InChI=1S/C31H33FN2O6/c1-2-28-26(13-14-38-28)23-15-24(17-25(32)16-23)29(35)33-18-27(30(36)39-19-21-9-5-3-6-10-21)34-31(37)40-20-22-11-7-4-8-12-22/h3-12,15-17,26-28H,2,13-14,18-20H2,1H3,(H,33,35)(H,34,37)/t26-,27-,28+/m1/s1. The minimum absolute atomic E-state index is 0.000515. The molecule has 1 aliphatic rings. The highest BCUT2D eigenvalue weighted by atomic mass is 19.1. The summed E-state index contributed by atoms with van der Waals surface area (Å²) < 4.78 is 30.8. The van der Waals surface area contributed by atoms with Gasteiger partial charge in [0, 0.05) is 24.6 Å². The third kappa shape index (κ3) is 8.13. The van der Waals surface area contributed by atoms with Gasteiger partial charge in [-0.2, -0.15) is 0 Å². The summed E-state index contributed by atoms with van der Waals surface area (Å²) in [6.45, 7) is 2.29. The summed E-state index contributed by atoms with van der Waals surface area (Å²) in [6.07, 6.45) is 0.641. The van der Waals surface area contributed by atoms with Crippen LogP contribution in [0.3, 0.4) is 0 Å². The molecule has 0 aromatic heterocycles. The molecule has 8 nitrogen and oxygen atoms in total. The lowest BCUT2D eigenvalue weighted by Gasteiger charge is -2.19. The Labute approximate surface area is 232 Å². The summed E-state index contributed by atoms with van der Waals surface area (Å²) in [5.41, 5.74) is 2.34. The molecule has 210 valence electrons. The molecule has 2 N–H and O–H groups in total. The van der Waals surface area contributed by atoms with Crippen molar-refractivity contribution >= 4 is 18.0 Å². The fourth-order valence-electron chi connectivity index (χ4n) is 4.62. The number of hydrogen-bond donors (Lipinski definition) is 2. The molecular weight excluding hydrogens is 515 g/mol. The highest BCUT2D eigenvalue weighted by Crippen LogP contribution is 2.33. The van der Waals surface area contributed by atoms with Crippen molar-refractivity contribution in [3.8, 4) is 0 Å². The molecule has 0 radical (unpaired) electrons. The van der Waals surface area contributed by atoms with Crippen LogP contribution in [0, 0.1) is 5.82 Å². The van der Waals surface area contributed by atoms with E-state index in [2.05, 4.69) is 10.6 Å². The second kappa shape index (κ2) is 14.2. The van der Waals surface area contributed by atoms with Gasteiger partial charge < -0.3 is 24.8 Å². The number of hydrogen-bond acceptors (Lipinski definition) is 6. The molecule has 3 aromatic carbocycles. The second-order valence-electron chi connectivity index (χ2n) is 9.55. The fourth-order valence-corrected chi connectivity index (χ4v) is 4.62. The van der Waals surface area contributed by atoms with Crippen molar-refractivity contribution in [2.75, 3.05) is 13.2 Å². The Morgan fingerprint density at radius 2 is 1.60 bits per heavy atom. The van der Waals surface area contributed by atoms with Crippen LogP contribution in [-0.4, -0.2) is 43.3 Å². The molecule has 0 unspecified atom stereocenters. The number of carbonyl (C=O) groups is 3. The van der Waals surface area contributed by atoms with Crippen LogP contribution < -0.4 is 10.6 Å². The van der Waals surface area contributed by atoms with Gasteiger partial charge in [0.1, 0.15) is 25.1 Å². The van der Waals surface area contributed by atoms with Crippen LogP contribution in [0.25, 0.3) is 0 Å². The van der Waals surface area contributed by atoms with E-state index in [4.69, 9.17) is 14.2 Å². The summed E-state index contributed by atoms with van der Waals surface area (Å²) in [6, 6.07) is 21.1. The normalized spacial score (nSPS) is 17.1. The van der Waals surface area contributed by atoms with Gasteiger partial charge in [0.25, 0.3) is 5.91 Å². The number of benzene rings is 3. The number of alkyl carbamates (subject to hydrolysis) is 1. The van der Waals surface area contributed by atoms with E-state index in [0.29, 0.717) is 12.2 Å². The van der Waals surface area contributed by atoms with Gasteiger partial charge in [0.05, 0.1) is 6.10 Å². The zero-order valence-electron chi connectivity index (χ0n) is 22.3. The average molecular weight is 549 g/mol. The van der Waals surface area contributed by atoms with Gasteiger partial charge in [-0.15, -0.1) is 0 Å². The zero-order chi connectivity index (χ0) is 28.3. The van der Waals surface area contributed by atoms with Crippen LogP contribution in [0.15, 0.2) is 78.9 Å². The highest BCUT2D eigenvalue weighted by Gasteiger charge is 2.29. The maximum atomic E-state index is 14.5. The Balaban J connectivity index is 1.41. The van der Waals surface area contributed by atoms with Crippen molar-refractivity contribution in [1.82, 2.24) is 10.6 Å². The number of nitrogens with one attached hydrogen (secondary N) is 2. The molecule has 0 spiro atoms. The van der Waals surface area contributed by atoms with E-state index in [1.807, 2.05) is 43.3 Å². The second-order valence-corrected chi connectivity index (χ2v) is 9.55. The van der Waals surface area contributed by atoms with Gasteiger partial charge in [0.15, 0.2) is 0 Å². The SMILES string of the molecule is CC[C@@H]1OCC[C@@H]1c1cc(F)cc(C(=O)NC[C@@H](NC(=O)OCc2ccccc2)C(=O)OCc2ccccc2)c1. The number of ether oxygens (including phenoxy) is 3. The summed E-state index contributed by atoms with van der Waals surface area (Å²) in [4.78, 5) is 38.4. The Bertz CT molecular complexity index is 1290. The Morgan fingerprint density at radius 3 is 2.25 bits per heavy atom. The predicted molar refractivity (Wildman–Crippen MR) is 146 cm³/mol. The van der Waals surface area contributed by atoms with Crippen molar-refractivity contribution in [2.45, 2.75) is 51.0 Å². The molecule has 3 atom stereocenters. The summed E-state index contributed by atoms with van der Waals surface area (Å²) in [5.74, 6) is -1.89. The van der Waals surface area contributed by atoms with Gasteiger partial charge in [-0.1, -0.05) is 67.6 Å². The molecule has 1 fully saturated rings. The first-order chi connectivity index (χ1) is 19.4. The number of amides is 2. The van der Waals surface area contributed by atoms with E-state index in [9.17, 15) is 18.8 Å². The number of halogens is 1. The van der Waals surface area contributed by atoms with Gasteiger partial charge in [-0.3, -0.25) is 4.79 Å². The first kappa shape index (κ1) is 28.8. The lowest BCUT2D eigenvalue weighted by molar-refractivity contribution is -0.147. The largest absolute Gasteiger partial charge is 0.459 e. The van der Waals surface area contributed by atoms with Crippen LogP contribution in [0.4, 0.5) is 9.18 Å². The predicted octanol–water partition coefficient (Wildman–Crippen LogP) is 4.88. The number of rotatable bonds is 11. The first-order valence-electron chi connectivity index (χ1n) is 13.3. The van der Waals surface area contributed by atoms with Crippen LogP contribution in [0.2, 0.25) is 0 Å². The van der Waals surface area contributed by atoms with Crippen molar-refractivity contribution in [1.29, 1.82) is 0 Å². The minimum atomic E-state index is -1.24. The Morgan fingerprint density at radius 1 is 0.950 bits per heavy atom. The zero-order valence-corrected chi connectivity index (χ0v) is 22.3. The molecule has 9 heteroatoms. The summed E-state index contributed by atoms with van der Waals surface area (Å²) in [7, 11) is 0. The van der Waals surface area contributed by atoms with Crippen molar-refractivity contribution in [3.63, 3.8) is 0 Å². The lowest BCUT2D eigenvalue weighted by atomic mass is 9.90. The van der Waals surface area contributed by atoms with E-state index in [-0.39, 0.29) is 37.3 Å². The quantitative estimate of drug-likeness (QED) is 0.331. The molecule has 0 bridgehead atoms. The number of carbonyl (C=O) groups excluding carboxylic acids is 3. The molecule has 1 aliphatic heterocycles. The molecule has 0 saturated carbocycles. The van der Waals surface area contributed by atoms with Gasteiger partial charge in [-0.25, -0.2) is 14.0 Å². The smallest absolute Gasteiger partial charge is 0.408 e. The molecule has 0 aliphatic carbocycles. The van der Waals surface area contributed by atoms with E-state index < -0.39 is 29.8 Å². The van der Waals surface area contributed by atoms with Crippen LogP contribution >= 0.6 is 0 Å². The maximum absolute atomic E-state index is 14.5. The highest BCUT2D eigenvalue weighted by molar-refractivity contribution is 5.95. The van der Waals surface area contributed by atoms with E-state index in [1.54, 1.807) is 30.3 Å². The van der Waals surface area contributed by atoms with E-state index in [0.717, 1.165) is 30.0 Å². The maximum Gasteiger partial charge on any atom is 0.408 e. The van der Waals surface area contributed by atoms with E-state index >= 15 is 0 Å². The molecule has 1 heterocycles. The Kier molecular flexibility index (Phi) is 10.2. The third-order valence-electron chi connectivity index (χ3n) is 6.70. The third-order valence-corrected chi connectivity index (χ3v) is 6.70. The molecule has 40 heavy (non-hydrogen) atoms. The fraction of sp³-hybridized carbons (Fsp3) is 0.323. The van der Waals surface area contributed by atoms with Gasteiger partial charge in [-0.05, 0) is 47.7 Å².